The first kappa shape index (κ1) is 43.6. The maximum atomic E-state index is 14.0. The molecule has 13 nitrogen and oxygen atoms in total. The van der Waals surface area contributed by atoms with Crippen LogP contribution in [0.3, 0.4) is 0 Å². The molecule has 0 unspecified atom stereocenters. The number of carbonyl (C=O) groups excluding carboxylic acids is 4. The largest absolute Gasteiger partial charge is 0.480 e. The Morgan fingerprint density at radius 3 is 1.98 bits per heavy atom. The molecule has 0 aromatic heterocycles. The first-order chi connectivity index (χ1) is 24.0. The number of amides is 4. The van der Waals surface area contributed by atoms with E-state index in [0.717, 1.165) is 5.56 Å². The molecule has 4 amide bonds. The fourth-order valence-electron chi connectivity index (χ4n) is 7.29. The zero-order valence-corrected chi connectivity index (χ0v) is 32.5. The fourth-order valence-corrected chi connectivity index (χ4v) is 7.29. The molecule has 0 saturated carbocycles. The highest BCUT2D eigenvalue weighted by atomic mass is 16.5. The van der Waals surface area contributed by atoms with Crippen LogP contribution in [0.1, 0.15) is 73.3 Å². The summed E-state index contributed by atoms with van der Waals surface area (Å²) in [5.41, 5.74) is 0.784. The third-order valence-electron chi connectivity index (χ3n) is 10.1. The van der Waals surface area contributed by atoms with E-state index in [9.17, 15) is 29.1 Å². The number of rotatable bonds is 20. The van der Waals surface area contributed by atoms with Crippen LogP contribution in [0, 0.1) is 23.7 Å². The molecule has 0 radical (unpaired) electrons. The number of nitrogens with zero attached hydrogens (tertiary/aromatic N) is 2. The second-order valence-electron chi connectivity index (χ2n) is 14.8. The number of carbonyl (C=O) groups is 5. The summed E-state index contributed by atoms with van der Waals surface area (Å²) in [6.07, 6.45) is 0.0867. The molecule has 0 bridgehead atoms. The highest BCUT2D eigenvalue weighted by Gasteiger charge is 2.43. The molecule has 2 rings (SSSR count). The minimum Gasteiger partial charge on any atom is -0.480 e. The average molecular weight is 718 g/mol. The molecular weight excluding hydrogens is 654 g/mol. The number of aliphatic carboxylic acids is 1. The minimum atomic E-state index is -1.14. The van der Waals surface area contributed by atoms with E-state index in [0.29, 0.717) is 19.4 Å². The van der Waals surface area contributed by atoms with Crippen LogP contribution in [0.2, 0.25) is 0 Å². The molecule has 288 valence electrons. The molecule has 1 heterocycles. The van der Waals surface area contributed by atoms with Crippen molar-refractivity contribution >= 4 is 29.6 Å². The van der Waals surface area contributed by atoms with Crippen molar-refractivity contribution < 1.29 is 38.6 Å². The number of ether oxygens (including phenoxy) is 2. The lowest BCUT2D eigenvalue weighted by Crippen LogP contribution is -2.59. The van der Waals surface area contributed by atoms with Gasteiger partial charge in [0.05, 0.1) is 42.7 Å². The zero-order chi connectivity index (χ0) is 38.6. The normalized spacial score (nSPS) is 18.9. The lowest BCUT2D eigenvalue weighted by Gasteiger charge is -2.40. The van der Waals surface area contributed by atoms with E-state index in [-0.39, 0.29) is 48.3 Å². The van der Waals surface area contributed by atoms with E-state index < -0.39 is 60.2 Å². The van der Waals surface area contributed by atoms with Crippen molar-refractivity contribution in [1.29, 1.82) is 0 Å². The van der Waals surface area contributed by atoms with Gasteiger partial charge < -0.3 is 40.3 Å². The predicted octanol–water partition coefficient (Wildman–Crippen LogP) is 2.71. The van der Waals surface area contributed by atoms with Crippen LogP contribution < -0.4 is 16.0 Å². The number of benzene rings is 1. The molecule has 1 aliphatic heterocycles. The molecule has 0 aliphatic carbocycles. The Morgan fingerprint density at radius 1 is 0.882 bits per heavy atom. The van der Waals surface area contributed by atoms with E-state index in [4.69, 9.17) is 9.47 Å². The Hall–Kier alpha value is -3.55. The number of likely N-dealkylation sites (N-methyl/N-ethyl adjacent to an activating group) is 2. The van der Waals surface area contributed by atoms with Gasteiger partial charge in [0.15, 0.2) is 0 Å². The van der Waals surface area contributed by atoms with Crippen LogP contribution in [0.4, 0.5) is 0 Å². The second-order valence-corrected chi connectivity index (χ2v) is 14.8. The van der Waals surface area contributed by atoms with Gasteiger partial charge in [0, 0.05) is 34.2 Å². The summed E-state index contributed by atoms with van der Waals surface area (Å²) < 4.78 is 11.8. The Kier molecular flexibility index (Phi) is 17.5. The van der Waals surface area contributed by atoms with Crippen molar-refractivity contribution in [2.45, 2.75) is 117 Å². The summed E-state index contributed by atoms with van der Waals surface area (Å²) in [7, 11) is 6.42. The van der Waals surface area contributed by atoms with E-state index in [1.54, 1.807) is 30.8 Å². The van der Waals surface area contributed by atoms with E-state index in [1.165, 1.54) is 14.2 Å². The monoisotopic (exact) mass is 717 g/mol. The maximum absolute atomic E-state index is 14.0. The number of carboxylic acid groups (broad SMARTS) is 1. The molecule has 1 aromatic carbocycles. The highest BCUT2D eigenvalue weighted by molar-refractivity contribution is 5.90. The van der Waals surface area contributed by atoms with Gasteiger partial charge >= 0.3 is 5.97 Å². The molecule has 1 saturated heterocycles. The van der Waals surface area contributed by atoms with Gasteiger partial charge in [0.1, 0.15) is 12.1 Å². The molecule has 13 heteroatoms. The number of hydrogen-bond donors (Lipinski definition) is 4. The summed E-state index contributed by atoms with van der Waals surface area (Å²) in [5, 5.41) is 18.5. The highest BCUT2D eigenvalue weighted by Crippen LogP contribution is 2.29. The van der Waals surface area contributed by atoms with E-state index in [2.05, 4.69) is 16.0 Å². The lowest BCUT2D eigenvalue weighted by molar-refractivity contribution is -0.148. The summed E-state index contributed by atoms with van der Waals surface area (Å²) in [6, 6.07) is 5.81. The summed E-state index contributed by atoms with van der Waals surface area (Å²) in [4.78, 5) is 69.9. The molecule has 1 fully saturated rings. The zero-order valence-electron chi connectivity index (χ0n) is 32.5. The summed E-state index contributed by atoms with van der Waals surface area (Å²) in [5.74, 6) is -3.34. The van der Waals surface area contributed by atoms with Crippen molar-refractivity contribution in [3.8, 4) is 0 Å². The van der Waals surface area contributed by atoms with Crippen LogP contribution in [0.15, 0.2) is 30.3 Å². The van der Waals surface area contributed by atoms with Crippen LogP contribution in [0.25, 0.3) is 0 Å². The maximum Gasteiger partial charge on any atom is 0.326 e. The summed E-state index contributed by atoms with van der Waals surface area (Å²) in [6.45, 7) is 13.7. The van der Waals surface area contributed by atoms with Crippen LogP contribution in [-0.4, -0.2) is 122 Å². The first-order valence-corrected chi connectivity index (χ1v) is 18.2. The second kappa shape index (κ2) is 20.5. The van der Waals surface area contributed by atoms with E-state index in [1.807, 2.05) is 71.9 Å². The molecule has 4 N–H and O–H groups in total. The third kappa shape index (κ3) is 11.7. The van der Waals surface area contributed by atoms with Gasteiger partial charge in [0.2, 0.25) is 23.6 Å². The molecule has 8 atom stereocenters. The topological polar surface area (TPSA) is 167 Å². The fraction of sp³-hybridized carbons (Fsp3) is 0.711. The van der Waals surface area contributed by atoms with Crippen LogP contribution >= 0.6 is 0 Å². The summed E-state index contributed by atoms with van der Waals surface area (Å²) >= 11 is 0. The number of carboxylic acids is 1. The molecule has 0 spiro atoms. The average Bonchev–Trinajstić information content (AvgIpc) is 3.56. The molecular formula is C38H63N5O8. The SMILES string of the molecule is CN[C@H](C(=O)N[C@H](C(=O)N(C)[C@@H](C(C)C)[C@@H](CC(=O)N1CCC[C@H]1[C@H](OC)[C@@H](C)C(=O)N[C@@H](Cc1ccccc1)C(=O)O)OC)C(C)C)C(C)C. The quantitative estimate of drug-likeness (QED) is 0.159. The van der Waals surface area contributed by atoms with Crippen molar-refractivity contribution in [3.05, 3.63) is 35.9 Å². The van der Waals surface area contributed by atoms with Gasteiger partial charge in [0.25, 0.3) is 0 Å². The van der Waals surface area contributed by atoms with Crippen molar-refractivity contribution in [2.24, 2.45) is 23.7 Å². The van der Waals surface area contributed by atoms with Gasteiger partial charge in [-0.3, -0.25) is 19.2 Å². The van der Waals surface area contributed by atoms with Crippen molar-refractivity contribution in [1.82, 2.24) is 25.8 Å². The number of hydrogen-bond acceptors (Lipinski definition) is 8. The van der Waals surface area contributed by atoms with Gasteiger partial charge in [-0.25, -0.2) is 4.79 Å². The van der Waals surface area contributed by atoms with E-state index >= 15 is 0 Å². The van der Waals surface area contributed by atoms with Gasteiger partial charge in [-0.1, -0.05) is 78.8 Å². The first-order valence-electron chi connectivity index (χ1n) is 18.2. The van der Waals surface area contributed by atoms with Gasteiger partial charge in [-0.05, 0) is 43.2 Å². The predicted molar refractivity (Wildman–Crippen MR) is 196 cm³/mol. The van der Waals surface area contributed by atoms with Gasteiger partial charge in [-0.15, -0.1) is 0 Å². The minimum absolute atomic E-state index is 0.0173. The smallest absolute Gasteiger partial charge is 0.326 e. The Balaban J connectivity index is 2.22. The van der Waals surface area contributed by atoms with Crippen LogP contribution in [-0.2, 0) is 39.9 Å². The Morgan fingerprint density at radius 2 is 1.49 bits per heavy atom. The number of likely N-dealkylation sites (tertiary alicyclic amines) is 1. The van der Waals surface area contributed by atoms with Gasteiger partial charge in [-0.2, -0.15) is 0 Å². The standard InChI is InChI=1S/C38H63N5O8/c1-22(2)31(39-8)36(46)41-32(23(3)4)37(47)42(9)33(24(5)6)29(50-10)21-30(44)43-19-15-18-28(43)34(51-11)25(7)35(45)40-27(38(48)49)20-26-16-13-12-14-17-26/h12-14,16-17,22-25,27-29,31-34,39H,15,18-21H2,1-11H3,(H,40,45)(H,41,46)(H,48,49)/t25-,27+,28+,29-,31+,32+,33+,34-/m1/s1. The van der Waals surface area contributed by atoms with Crippen LogP contribution in [0.5, 0.6) is 0 Å². The Labute approximate surface area is 304 Å². The Bertz CT molecular complexity index is 1290. The molecule has 1 aliphatic rings. The van der Waals surface area contributed by atoms with Crippen molar-refractivity contribution in [3.63, 3.8) is 0 Å². The lowest BCUT2D eigenvalue weighted by atomic mass is 9.91. The third-order valence-corrected chi connectivity index (χ3v) is 10.1. The molecule has 1 aromatic rings. The van der Waals surface area contributed by atoms with Crippen molar-refractivity contribution in [2.75, 3.05) is 34.9 Å². The number of nitrogens with one attached hydrogen (secondary N) is 3. The number of methoxy groups -OCH3 is 2. The molecule has 51 heavy (non-hydrogen) atoms.